The Hall–Kier alpha value is -3.22. The maximum Gasteiger partial charge on any atom is 0.272 e. The second-order valence-corrected chi connectivity index (χ2v) is 6.92. The molecule has 144 valence electrons. The van der Waals surface area contributed by atoms with Crippen molar-refractivity contribution in [1.29, 1.82) is 0 Å². The number of amides is 1. The highest BCUT2D eigenvalue weighted by Gasteiger charge is 2.22. The van der Waals surface area contributed by atoms with Gasteiger partial charge in [-0.25, -0.2) is 9.37 Å². The highest BCUT2D eigenvalue weighted by atomic mass is 19.1. The van der Waals surface area contributed by atoms with E-state index < -0.39 is 0 Å². The van der Waals surface area contributed by atoms with Crippen LogP contribution < -0.4 is 10.5 Å². The van der Waals surface area contributed by atoms with Gasteiger partial charge in [0.25, 0.3) is 5.56 Å². The fraction of sp³-hybridized carbons (Fsp3) is 0.286. The lowest BCUT2D eigenvalue weighted by molar-refractivity contribution is -0.132. The normalized spacial score (nSPS) is 14.5. The number of carbonyl (C=O) groups excluding carboxylic acids is 1. The summed E-state index contributed by atoms with van der Waals surface area (Å²) in [7, 11) is 0. The second kappa shape index (κ2) is 7.42. The first-order valence-corrected chi connectivity index (χ1v) is 9.27. The summed E-state index contributed by atoms with van der Waals surface area (Å²) in [5.41, 5.74) is 2.45. The van der Waals surface area contributed by atoms with Crippen LogP contribution in [-0.4, -0.2) is 46.5 Å². The number of hydrogen-bond donors (Lipinski definition) is 0. The third-order valence-electron chi connectivity index (χ3n) is 5.13. The van der Waals surface area contributed by atoms with Gasteiger partial charge in [0.1, 0.15) is 18.1 Å². The van der Waals surface area contributed by atoms with Crippen LogP contribution in [0.25, 0.3) is 11.0 Å². The van der Waals surface area contributed by atoms with Crippen molar-refractivity contribution in [2.24, 2.45) is 0 Å². The summed E-state index contributed by atoms with van der Waals surface area (Å²) < 4.78 is 14.6. The molecule has 0 atom stereocenters. The lowest BCUT2D eigenvalue weighted by atomic mass is 10.2. The maximum atomic E-state index is 13.1. The monoisotopic (exact) mass is 380 g/mol. The molecule has 0 spiro atoms. The molecule has 7 heteroatoms. The zero-order valence-electron chi connectivity index (χ0n) is 15.6. The maximum absolute atomic E-state index is 13.1. The van der Waals surface area contributed by atoms with Crippen LogP contribution in [0.1, 0.15) is 5.69 Å². The highest BCUT2D eigenvalue weighted by Crippen LogP contribution is 2.17. The molecule has 1 aliphatic heterocycles. The Balaban J connectivity index is 1.48. The summed E-state index contributed by atoms with van der Waals surface area (Å²) in [5.74, 6) is -0.348. The molecular formula is C21H21FN4O2. The minimum absolute atomic E-state index is 0.000739. The van der Waals surface area contributed by atoms with Gasteiger partial charge in [-0.3, -0.25) is 14.2 Å². The first-order valence-electron chi connectivity index (χ1n) is 9.27. The fourth-order valence-corrected chi connectivity index (χ4v) is 3.58. The molecule has 0 aliphatic carbocycles. The Bertz CT molecular complexity index is 1070. The predicted molar refractivity (Wildman–Crippen MR) is 106 cm³/mol. The van der Waals surface area contributed by atoms with Gasteiger partial charge in [-0.05, 0) is 43.3 Å². The van der Waals surface area contributed by atoms with E-state index in [4.69, 9.17) is 0 Å². The van der Waals surface area contributed by atoms with Crippen molar-refractivity contribution in [2.45, 2.75) is 13.5 Å². The van der Waals surface area contributed by atoms with E-state index >= 15 is 0 Å². The molecule has 28 heavy (non-hydrogen) atoms. The number of para-hydroxylation sites is 2. The Labute approximate surface area is 161 Å². The fourth-order valence-electron chi connectivity index (χ4n) is 3.58. The molecule has 6 nitrogen and oxygen atoms in total. The molecule has 0 saturated carbocycles. The van der Waals surface area contributed by atoms with Crippen molar-refractivity contribution in [3.05, 3.63) is 70.4 Å². The molecule has 0 N–H and O–H groups in total. The summed E-state index contributed by atoms with van der Waals surface area (Å²) in [4.78, 5) is 33.6. The van der Waals surface area contributed by atoms with E-state index in [1.165, 1.54) is 16.7 Å². The van der Waals surface area contributed by atoms with E-state index in [1.54, 1.807) is 24.0 Å². The summed E-state index contributed by atoms with van der Waals surface area (Å²) in [6, 6.07) is 13.7. The quantitative estimate of drug-likeness (QED) is 0.699. The van der Waals surface area contributed by atoms with Crippen molar-refractivity contribution in [3.63, 3.8) is 0 Å². The predicted octanol–water partition coefficient (Wildman–Crippen LogP) is 2.19. The molecule has 1 aliphatic rings. The van der Waals surface area contributed by atoms with Gasteiger partial charge in [-0.15, -0.1) is 0 Å². The number of anilines is 1. The molecule has 4 rings (SSSR count). The molecule has 1 aromatic heterocycles. The number of nitrogens with zero attached hydrogens (tertiary/aromatic N) is 4. The van der Waals surface area contributed by atoms with Crippen LogP contribution in [0.4, 0.5) is 10.1 Å². The second-order valence-electron chi connectivity index (χ2n) is 6.92. The van der Waals surface area contributed by atoms with Gasteiger partial charge in [-0.1, -0.05) is 12.1 Å². The number of halogens is 1. The number of piperazine rings is 1. The van der Waals surface area contributed by atoms with E-state index in [2.05, 4.69) is 9.88 Å². The molecule has 1 amide bonds. The summed E-state index contributed by atoms with van der Waals surface area (Å²) in [6.07, 6.45) is 0. The molecule has 2 aromatic carbocycles. The van der Waals surface area contributed by atoms with Crippen LogP contribution in [0.3, 0.4) is 0 Å². The number of carbonyl (C=O) groups is 1. The standard InChI is InChI=1S/C21H21FN4O2/c1-15-21(28)26(19-5-3-2-4-18(19)23-15)14-20(27)25-12-10-24(11-13-25)17-8-6-16(22)7-9-17/h2-9H,10-14H2,1H3. The smallest absolute Gasteiger partial charge is 0.272 e. The van der Waals surface area contributed by atoms with Crippen LogP contribution in [0.15, 0.2) is 53.3 Å². The summed E-state index contributed by atoms with van der Waals surface area (Å²) in [5, 5.41) is 0. The molecule has 0 unspecified atom stereocenters. The van der Waals surface area contributed by atoms with Crippen LogP contribution in [0, 0.1) is 12.7 Å². The SMILES string of the molecule is Cc1nc2ccccc2n(CC(=O)N2CCN(c3ccc(F)cc3)CC2)c1=O. The Kier molecular flexibility index (Phi) is 4.81. The van der Waals surface area contributed by atoms with E-state index in [9.17, 15) is 14.0 Å². The van der Waals surface area contributed by atoms with Gasteiger partial charge in [0.15, 0.2) is 0 Å². The van der Waals surface area contributed by atoms with Gasteiger partial charge >= 0.3 is 0 Å². The summed E-state index contributed by atoms with van der Waals surface area (Å²) in [6.45, 7) is 4.13. The third kappa shape index (κ3) is 3.47. The molecule has 1 fully saturated rings. The topological polar surface area (TPSA) is 58.4 Å². The van der Waals surface area contributed by atoms with Crippen molar-refractivity contribution in [1.82, 2.24) is 14.5 Å². The molecule has 3 aromatic rings. The molecule has 1 saturated heterocycles. The first kappa shape index (κ1) is 18.2. The number of hydrogen-bond acceptors (Lipinski definition) is 4. The Morgan fingerprint density at radius 3 is 2.43 bits per heavy atom. The van der Waals surface area contributed by atoms with E-state index in [0.29, 0.717) is 42.9 Å². The van der Waals surface area contributed by atoms with Crippen molar-refractivity contribution < 1.29 is 9.18 Å². The van der Waals surface area contributed by atoms with E-state index in [1.807, 2.05) is 24.3 Å². The van der Waals surface area contributed by atoms with Crippen LogP contribution in [-0.2, 0) is 11.3 Å². The average molecular weight is 380 g/mol. The highest BCUT2D eigenvalue weighted by molar-refractivity contribution is 5.80. The number of rotatable bonds is 3. The van der Waals surface area contributed by atoms with Gasteiger partial charge < -0.3 is 9.80 Å². The van der Waals surface area contributed by atoms with Gasteiger partial charge in [-0.2, -0.15) is 0 Å². The zero-order chi connectivity index (χ0) is 19.7. The largest absolute Gasteiger partial charge is 0.368 e. The number of aryl methyl sites for hydroxylation is 1. The third-order valence-corrected chi connectivity index (χ3v) is 5.13. The van der Waals surface area contributed by atoms with Crippen molar-refractivity contribution in [2.75, 3.05) is 31.1 Å². The van der Waals surface area contributed by atoms with Gasteiger partial charge in [0, 0.05) is 31.9 Å². The molecule has 0 bridgehead atoms. The number of benzene rings is 2. The van der Waals surface area contributed by atoms with Crippen LogP contribution in [0.5, 0.6) is 0 Å². The first-order chi connectivity index (χ1) is 13.5. The zero-order valence-corrected chi connectivity index (χ0v) is 15.6. The van der Waals surface area contributed by atoms with E-state index in [-0.39, 0.29) is 23.8 Å². The van der Waals surface area contributed by atoms with Gasteiger partial charge in [0.2, 0.25) is 5.91 Å². The minimum atomic E-state index is -0.261. The average Bonchev–Trinajstić information content (AvgIpc) is 2.72. The minimum Gasteiger partial charge on any atom is -0.368 e. The van der Waals surface area contributed by atoms with Gasteiger partial charge in [0.05, 0.1) is 11.0 Å². The Morgan fingerprint density at radius 1 is 1.04 bits per heavy atom. The number of aromatic nitrogens is 2. The lowest BCUT2D eigenvalue weighted by Crippen LogP contribution is -2.50. The Morgan fingerprint density at radius 2 is 1.71 bits per heavy atom. The number of fused-ring (bicyclic) bond motifs is 1. The van der Waals surface area contributed by atoms with Crippen molar-refractivity contribution >= 4 is 22.6 Å². The summed E-state index contributed by atoms with van der Waals surface area (Å²) >= 11 is 0. The molecule has 2 heterocycles. The van der Waals surface area contributed by atoms with Crippen LogP contribution in [0.2, 0.25) is 0 Å². The lowest BCUT2D eigenvalue weighted by Gasteiger charge is -2.36. The molecule has 0 radical (unpaired) electrons. The van der Waals surface area contributed by atoms with E-state index in [0.717, 1.165) is 5.69 Å². The van der Waals surface area contributed by atoms with Crippen molar-refractivity contribution in [3.8, 4) is 0 Å². The molecular weight excluding hydrogens is 359 g/mol. The van der Waals surface area contributed by atoms with Crippen LogP contribution >= 0.6 is 0 Å².